The Balaban J connectivity index is 2.20. The van der Waals surface area contributed by atoms with E-state index in [2.05, 4.69) is 5.32 Å². The van der Waals surface area contributed by atoms with Crippen LogP contribution >= 0.6 is 0 Å². The molecular weight excluding hydrogens is 426 g/mol. The lowest BCUT2D eigenvalue weighted by Gasteiger charge is -2.38. The van der Waals surface area contributed by atoms with Gasteiger partial charge < -0.3 is 24.3 Å². The molecular formula is C25H31NO7. The average Bonchev–Trinajstić information content (AvgIpc) is 2.80. The van der Waals surface area contributed by atoms with E-state index in [4.69, 9.17) is 18.9 Å². The number of nitrogens with one attached hydrogen (secondary N) is 1. The number of Topliss-reactive ketones (excluding diaryl/α,β-unsaturated/α-hetero) is 1. The van der Waals surface area contributed by atoms with Crippen molar-refractivity contribution in [3.05, 3.63) is 46.3 Å². The number of allylic oxidation sites excluding steroid dienone is 3. The first-order valence-corrected chi connectivity index (χ1v) is 11.0. The molecule has 0 saturated carbocycles. The highest BCUT2D eigenvalue weighted by atomic mass is 16.5. The first-order valence-electron chi connectivity index (χ1n) is 11.0. The van der Waals surface area contributed by atoms with Crippen molar-refractivity contribution in [2.75, 3.05) is 27.9 Å². The van der Waals surface area contributed by atoms with Gasteiger partial charge in [0.2, 0.25) is 0 Å². The second-order valence-electron chi connectivity index (χ2n) is 8.29. The van der Waals surface area contributed by atoms with E-state index in [0.29, 0.717) is 52.4 Å². The van der Waals surface area contributed by atoms with Crippen LogP contribution in [0, 0.1) is 11.8 Å². The Bertz CT molecular complexity index is 1020. The number of ketones is 1. The van der Waals surface area contributed by atoms with E-state index in [1.54, 1.807) is 25.1 Å². The predicted octanol–water partition coefficient (Wildman–Crippen LogP) is 3.27. The molecule has 0 saturated heterocycles. The van der Waals surface area contributed by atoms with Gasteiger partial charge in [0.1, 0.15) is 5.92 Å². The maximum Gasteiger partial charge on any atom is 0.336 e. The molecule has 1 N–H and O–H groups in total. The lowest BCUT2D eigenvalue weighted by molar-refractivity contribution is -0.151. The van der Waals surface area contributed by atoms with Crippen LogP contribution in [-0.4, -0.2) is 45.7 Å². The molecule has 3 rings (SSSR count). The van der Waals surface area contributed by atoms with E-state index in [1.165, 1.54) is 21.3 Å². The first kappa shape index (κ1) is 24.4. The van der Waals surface area contributed by atoms with Gasteiger partial charge in [0, 0.05) is 22.9 Å². The van der Waals surface area contributed by atoms with Crippen LogP contribution in [0.4, 0.5) is 0 Å². The predicted molar refractivity (Wildman–Crippen MR) is 121 cm³/mol. The second-order valence-corrected chi connectivity index (χ2v) is 8.29. The van der Waals surface area contributed by atoms with Crippen LogP contribution in [0.1, 0.15) is 45.1 Å². The molecule has 8 heteroatoms. The molecule has 1 aromatic carbocycles. The maximum absolute atomic E-state index is 13.7. The number of carbonyl (C=O) groups is 3. The number of benzene rings is 1. The van der Waals surface area contributed by atoms with Crippen molar-refractivity contribution in [3.8, 4) is 11.5 Å². The third kappa shape index (κ3) is 4.47. The second kappa shape index (κ2) is 10.1. The summed E-state index contributed by atoms with van der Waals surface area (Å²) in [6.07, 6.45) is 1.14. The number of rotatable bonds is 7. The van der Waals surface area contributed by atoms with Gasteiger partial charge >= 0.3 is 11.9 Å². The Labute approximate surface area is 193 Å². The largest absolute Gasteiger partial charge is 0.493 e. The monoisotopic (exact) mass is 457 g/mol. The van der Waals surface area contributed by atoms with Crippen LogP contribution in [0.25, 0.3) is 0 Å². The number of ether oxygens (including phenoxy) is 4. The van der Waals surface area contributed by atoms with E-state index >= 15 is 0 Å². The number of methoxy groups -OCH3 is 3. The van der Waals surface area contributed by atoms with Gasteiger partial charge in [0.25, 0.3) is 0 Å². The number of dihydropyridines is 1. The average molecular weight is 458 g/mol. The normalized spacial score (nSPS) is 22.4. The minimum absolute atomic E-state index is 0.247. The van der Waals surface area contributed by atoms with Crippen molar-refractivity contribution < 1.29 is 33.3 Å². The van der Waals surface area contributed by atoms with E-state index in [1.807, 2.05) is 13.8 Å². The summed E-state index contributed by atoms with van der Waals surface area (Å²) >= 11 is 0. The molecule has 1 aliphatic carbocycles. The molecule has 3 atom stereocenters. The zero-order chi connectivity index (χ0) is 24.3. The van der Waals surface area contributed by atoms with Gasteiger partial charge in [0.05, 0.1) is 33.5 Å². The minimum atomic E-state index is -0.940. The van der Waals surface area contributed by atoms with Crippen LogP contribution in [-0.2, 0) is 23.9 Å². The van der Waals surface area contributed by atoms with E-state index in [-0.39, 0.29) is 18.3 Å². The molecule has 0 unspecified atom stereocenters. The standard InChI is InChI=1S/C25H31NO7/c1-7-10-33-25(29)20-14(3)26-16-11-13(2)19(24(28)32-6)23(27)22(16)21(20)15-8-9-17(30-4)18(12-15)31-5/h8-9,12-13,19,21,26H,7,10-11H2,1-6H3/t13-,19+,21-/m1/s1. The lowest BCUT2D eigenvalue weighted by Crippen LogP contribution is -2.43. The van der Waals surface area contributed by atoms with Crippen LogP contribution in [0.5, 0.6) is 11.5 Å². The highest BCUT2D eigenvalue weighted by molar-refractivity contribution is 6.12. The van der Waals surface area contributed by atoms with Crippen LogP contribution < -0.4 is 14.8 Å². The molecule has 0 amide bonds. The van der Waals surface area contributed by atoms with Crippen molar-refractivity contribution in [2.24, 2.45) is 11.8 Å². The quantitative estimate of drug-likeness (QED) is 0.492. The van der Waals surface area contributed by atoms with Crippen molar-refractivity contribution in [1.82, 2.24) is 5.32 Å². The number of carbonyl (C=O) groups excluding carboxylic acids is 3. The summed E-state index contributed by atoms with van der Waals surface area (Å²) in [5.74, 6) is -2.35. The van der Waals surface area contributed by atoms with Crippen molar-refractivity contribution in [3.63, 3.8) is 0 Å². The molecule has 33 heavy (non-hydrogen) atoms. The molecule has 0 radical (unpaired) electrons. The van der Waals surface area contributed by atoms with Gasteiger partial charge in [-0.1, -0.05) is 19.9 Å². The molecule has 1 aromatic rings. The Morgan fingerprint density at radius 3 is 2.42 bits per heavy atom. The molecule has 0 aromatic heterocycles. The Hall–Kier alpha value is -3.29. The van der Waals surface area contributed by atoms with Crippen molar-refractivity contribution >= 4 is 17.7 Å². The third-order valence-corrected chi connectivity index (χ3v) is 6.14. The molecule has 1 aliphatic heterocycles. The minimum Gasteiger partial charge on any atom is -0.493 e. The summed E-state index contributed by atoms with van der Waals surface area (Å²) in [6, 6.07) is 5.27. The van der Waals surface area contributed by atoms with Gasteiger partial charge in [0.15, 0.2) is 17.3 Å². The summed E-state index contributed by atoms with van der Waals surface area (Å²) in [4.78, 5) is 39.3. The summed E-state index contributed by atoms with van der Waals surface area (Å²) in [7, 11) is 4.33. The first-order chi connectivity index (χ1) is 15.8. The Kier molecular flexibility index (Phi) is 7.46. The van der Waals surface area contributed by atoms with Crippen LogP contribution in [0.2, 0.25) is 0 Å². The zero-order valence-electron chi connectivity index (χ0n) is 19.9. The Morgan fingerprint density at radius 2 is 1.82 bits per heavy atom. The summed E-state index contributed by atoms with van der Waals surface area (Å²) in [6.45, 7) is 5.81. The zero-order valence-corrected chi connectivity index (χ0v) is 19.9. The van der Waals surface area contributed by atoms with Gasteiger partial charge in [-0.15, -0.1) is 0 Å². The van der Waals surface area contributed by atoms with E-state index in [0.717, 1.165) is 0 Å². The SMILES string of the molecule is CCCOC(=O)C1=C(C)NC2=C(C(=O)[C@@H](C(=O)OC)[C@H](C)C2)[C@@H]1c1ccc(OC)c(OC)c1. The summed E-state index contributed by atoms with van der Waals surface area (Å²) in [5.41, 5.74) is 2.70. The molecule has 0 bridgehead atoms. The lowest BCUT2D eigenvalue weighted by atomic mass is 9.69. The van der Waals surface area contributed by atoms with Crippen LogP contribution in [0.3, 0.4) is 0 Å². The molecule has 2 aliphatic rings. The molecule has 0 fully saturated rings. The number of esters is 2. The molecule has 178 valence electrons. The van der Waals surface area contributed by atoms with Gasteiger partial charge in [-0.3, -0.25) is 9.59 Å². The fraction of sp³-hybridized carbons (Fsp3) is 0.480. The fourth-order valence-electron chi connectivity index (χ4n) is 4.59. The van der Waals surface area contributed by atoms with Crippen molar-refractivity contribution in [2.45, 2.75) is 39.5 Å². The van der Waals surface area contributed by atoms with Crippen molar-refractivity contribution in [1.29, 1.82) is 0 Å². The Morgan fingerprint density at radius 1 is 1.12 bits per heavy atom. The van der Waals surface area contributed by atoms with Gasteiger partial charge in [-0.05, 0) is 43.4 Å². The highest BCUT2D eigenvalue weighted by Gasteiger charge is 2.47. The fourth-order valence-corrected chi connectivity index (χ4v) is 4.59. The van der Waals surface area contributed by atoms with E-state index in [9.17, 15) is 14.4 Å². The van der Waals surface area contributed by atoms with E-state index < -0.39 is 23.8 Å². The number of hydrogen-bond acceptors (Lipinski definition) is 8. The van der Waals surface area contributed by atoms with Gasteiger partial charge in [-0.25, -0.2) is 4.79 Å². The molecule has 0 spiro atoms. The third-order valence-electron chi connectivity index (χ3n) is 6.14. The topological polar surface area (TPSA) is 100 Å². The maximum atomic E-state index is 13.7. The molecule has 8 nitrogen and oxygen atoms in total. The highest BCUT2D eigenvalue weighted by Crippen LogP contribution is 2.46. The number of hydrogen-bond donors (Lipinski definition) is 1. The van der Waals surface area contributed by atoms with Gasteiger partial charge in [-0.2, -0.15) is 0 Å². The molecule has 1 heterocycles. The smallest absolute Gasteiger partial charge is 0.336 e. The summed E-state index contributed by atoms with van der Waals surface area (Å²) in [5, 5.41) is 3.24. The van der Waals surface area contributed by atoms with Crippen LogP contribution in [0.15, 0.2) is 40.7 Å². The summed E-state index contributed by atoms with van der Waals surface area (Å²) < 4.78 is 21.2.